The summed E-state index contributed by atoms with van der Waals surface area (Å²) in [7, 11) is 3.95. The summed E-state index contributed by atoms with van der Waals surface area (Å²) in [6.07, 6.45) is 7.13. The molecule has 4 nitrogen and oxygen atoms in total. The van der Waals surface area contributed by atoms with Crippen molar-refractivity contribution in [2.24, 2.45) is 0 Å². The number of amides is 2. The van der Waals surface area contributed by atoms with Gasteiger partial charge in [0.15, 0.2) is 0 Å². The van der Waals surface area contributed by atoms with Crippen molar-refractivity contribution in [1.82, 2.24) is 4.90 Å². The molecule has 0 aliphatic carbocycles. The predicted octanol–water partition coefficient (Wildman–Crippen LogP) is 2.08. The van der Waals surface area contributed by atoms with E-state index in [9.17, 15) is 9.59 Å². The Labute approximate surface area is 119 Å². The van der Waals surface area contributed by atoms with Crippen molar-refractivity contribution in [2.75, 3.05) is 25.5 Å². The van der Waals surface area contributed by atoms with Crippen molar-refractivity contribution in [1.29, 1.82) is 0 Å². The molecule has 2 rings (SSSR count). The quantitative estimate of drug-likeness (QED) is 0.790. The number of hydrogen-bond acceptors (Lipinski definition) is 3. The molecule has 0 radical (unpaired) electrons. The van der Waals surface area contributed by atoms with Crippen LogP contribution in [0.5, 0.6) is 0 Å². The minimum atomic E-state index is -0.268. The third kappa shape index (κ3) is 3.35. The van der Waals surface area contributed by atoms with Gasteiger partial charge in [0.1, 0.15) is 0 Å². The first-order valence-electron chi connectivity index (χ1n) is 6.55. The monoisotopic (exact) mass is 270 g/mol. The number of hydrogen-bond donors (Lipinski definition) is 0. The Morgan fingerprint density at radius 3 is 2.55 bits per heavy atom. The van der Waals surface area contributed by atoms with Crippen LogP contribution in [0, 0.1) is 0 Å². The zero-order valence-electron chi connectivity index (χ0n) is 11.7. The molecule has 0 bridgehead atoms. The summed E-state index contributed by atoms with van der Waals surface area (Å²) in [5.74, 6) is -0.509. The molecule has 0 N–H and O–H groups in total. The normalized spacial score (nSPS) is 14.9. The van der Waals surface area contributed by atoms with Crippen LogP contribution < -0.4 is 4.90 Å². The van der Waals surface area contributed by atoms with Crippen LogP contribution in [-0.2, 0) is 9.59 Å². The first kappa shape index (κ1) is 14.1. The van der Waals surface area contributed by atoms with Gasteiger partial charge < -0.3 is 4.90 Å². The number of imide groups is 1. The lowest BCUT2D eigenvalue weighted by Crippen LogP contribution is -2.37. The molecule has 4 heteroatoms. The molecular formula is C16H18N2O2. The summed E-state index contributed by atoms with van der Waals surface area (Å²) >= 11 is 0. The summed E-state index contributed by atoms with van der Waals surface area (Å²) in [6.45, 7) is 0.456. The van der Waals surface area contributed by atoms with Crippen LogP contribution in [0.3, 0.4) is 0 Å². The maximum Gasteiger partial charge on any atom is 0.253 e. The molecule has 0 spiro atoms. The van der Waals surface area contributed by atoms with E-state index < -0.39 is 0 Å². The molecule has 0 atom stereocenters. The van der Waals surface area contributed by atoms with Crippen LogP contribution in [0.15, 0.2) is 42.5 Å². The maximum atomic E-state index is 11.9. The molecule has 0 unspecified atom stereocenters. The molecule has 1 aliphatic heterocycles. The van der Waals surface area contributed by atoms with Crippen LogP contribution in [0.2, 0.25) is 0 Å². The van der Waals surface area contributed by atoms with Crippen molar-refractivity contribution >= 4 is 23.6 Å². The predicted molar refractivity (Wildman–Crippen MR) is 80.3 cm³/mol. The molecule has 20 heavy (non-hydrogen) atoms. The van der Waals surface area contributed by atoms with E-state index in [1.165, 1.54) is 17.1 Å². The van der Waals surface area contributed by atoms with Gasteiger partial charge in [-0.05, 0) is 36.3 Å². The summed E-state index contributed by atoms with van der Waals surface area (Å²) in [5.41, 5.74) is 2.04. The van der Waals surface area contributed by atoms with E-state index in [0.29, 0.717) is 6.54 Å². The van der Waals surface area contributed by atoms with Crippen molar-refractivity contribution in [3.05, 3.63) is 48.1 Å². The van der Waals surface area contributed by atoms with E-state index in [1.54, 1.807) is 12.2 Å². The lowest BCUT2D eigenvalue weighted by Gasteiger charge is -2.19. The van der Waals surface area contributed by atoms with Crippen LogP contribution >= 0.6 is 0 Å². The topological polar surface area (TPSA) is 40.6 Å². The fourth-order valence-corrected chi connectivity index (χ4v) is 1.95. The minimum absolute atomic E-state index is 0.242. The Morgan fingerprint density at radius 1 is 1.25 bits per heavy atom. The van der Waals surface area contributed by atoms with Gasteiger partial charge in [-0.3, -0.25) is 14.5 Å². The Balaban J connectivity index is 2.03. The number of carbonyl (C=O) groups is 2. The van der Waals surface area contributed by atoms with Crippen LogP contribution in [0.1, 0.15) is 12.0 Å². The van der Waals surface area contributed by atoms with Gasteiger partial charge in [0.25, 0.3) is 11.8 Å². The van der Waals surface area contributed by atoms with Crippen molar-refractivity contribution in [3.8, 4) is 0 Å². The van der Waals surface area contributed by atoms with Gasteiger partial charge in [0.2, 0.25) is 0 Å². The lowest BCUT2D eigenvalue weighted by molar-refractivity contribution is -0.139. The number of anilines is 1. The highest BCUT2D eigenvalue weighted by Crippen LogP contribution is 2.13. The molecule has 0 fully saturated rings. The molecule has 0 saturated heterocycles. The average molecular weight is 270 g/mol. The van der Waals surface area contributed by atoms with Gasteiger partial charge in [-0.15, -0.1) is 0 Å². The van der Waals surface area contributed by atoms with Crippen LogP contribution in [0.4, 0.5) is 5.69 Å². The Morgan fingerprint density at radius 2 is 1.95 bits per heavy atom. The van der Waals surface area contributed by atoms with Gasteiger partial charge in [0, 0.05) is 32.4 Å². The van der Waals surface area contributed by atoms with E-state index in [1.807, 2.05) is 43.3 Å². The Bertz CT molecular complexity index is 556. The van der Waals surface area contributed by atoms with E-state index >= 15 is 0 Å². The Hall–Kier alpha value is -2.36. The van der Waals surface area contributed by atoms with Crippen molar-refractivity contribution < 1.29 is 9.59 Å². The van der Waals surface area contributed by atoms with Gasteiger partial charge in [0.05, 0.1) is 0 Å². The minimum Gasteiger partial charge on any atom is -0.378 e. The molecule has 2 amide bonds. The number of carbonyl (C=O) groups excluding carboxylic acids is 2. The number of nitrogens with zero attached hydrogens (tertiary/aromatic N) is 2. The van der Waals surface area contributed by atoms with Crippen molar-refractivity contribution in [3.63, 3.8) is 0 Å². The molecule has 0 saturated carbocycles. The maximum absolute atomic E-state index is 11.9. The lowest BCUT2D eigenvalue weighted by atomic mass is 10.1. The largest absolute Gasteiger partial charge is 0.378 e. The smallest absolute Gasteiger partial charge is 0.253 e. The molecule has 1 aromatic carbocycles. The van der Waals surface area contributed by atoms with Gasteiger partial charge in [-0.1, -0.05) is 18.2 Å². The molecule has 1 heterocycles. The van der Waals surface area contributed by atoms with Crippen LogP contribution in [0.25, 0.3) is 6.08 Å². The summed E-state index contributed by atoms with van der Waals surface area (Å²) in [6, 6.07) is 7.85. The number of rotatable bonds is 3. The molecule has 0 aromatic heterocycles. The second-order valence-electron chi connectivity index (χ2n) is 4.84. The van der Waals surface area contributed by atoms with Gasteiger partial charge in [-0.25, -0.2) is 0 Å². The highest BCUT2D eigenvalue weighted by Gasteiger charge is 2.18. The van der Waals surface area contributed by atoms with E-state index in [0.717, 1.165) is 17.7 Å². The van der Waals surface area contributed by atoms with E-state index in [4.69, 9.17) is 0 Å². The van der Waals surface area contributed by atoms with Crippen LogP contribution in [-0.4, -0.2) is 37.4 Å². The molecule has 1 aromatic rings. The highest BCUT2D eigenvalue weighted by molar-refractivity contribution is 6.06. The third-order valence-corrected chi connectivity index (χ3v) is 3.14. The second-order valence-corrected chi connectivity index (χ2v) is 4.84. The number of benzene rings is 1. The average Bonchev–Trinajstić information content (AvgIpc) is 2.45. The fourth-order valence-electron chi connectivity index (χ4n) is 1.95. The summed E-state index contributed by atoms with van der Waals surface area (Å²) < 4.78 is 0. The second kappa shape index (κ2) is 6.19. The van der Waals surface area contributed by atoms with Gasteiger partial charge >= 0.3 is 0 Å². The molecule has 104 valence electrons. The first-order chi connectivity index (χ1) is 9.58. The third-order valence-electron chi connectivity index (χ3n) is 3.14. The Kier molecular flexibility index (Phi) is 4.35. The zero-order valence-corrected chi connectivity index (χ0v) is 11.7. The first-order valence-corrected chi connectivity index (χ1v) is 6.55. The summed E-state index contributed by atoms with van der Waals surface area (Å²) in [4.78, 5) is 26.7. The molecule has 1 aliphatic rings. The summed E-state index contributed by atoms with van der Waals surface area (Å²) in [5, 5.41) is 0. The SMILES string of the molecule is CN(C)c1ccc(/C=C/C(=O)N2CCC=CC2=O)cc1. The molecular weight excluding hydrogens is 252 g/mol. The van der Waals surface area contributed by atoms with E-state index in [-0.39, 0.29) is 11.8 Å². The standard InChI is InChI=1S/C16H18N2O2/c1-17(2)14-9-6-13(7-10-14)8-11-16(20)18-12-4-3-5-15(18)19/h3,5-11H,4,12H2,1-2H3/b11-8+. The van der Waals surface area contributed by atoms with Gasteiger partial charge in [-0.2, -0.15) is 0 Å². The fraction of sp³-hybridized carbons (Fsp3) is 0.250. The highest BCUT2D eigenvalue weighted by atomic mass is 16.2. The van der Waals surface area contributed by atoms with Crippen molar-refractivity contribution in [2.45, 2.75) is 6.42 Å². The zero-order chi connectivity index (χ0) is 14.5. The van der Waals surface area contributed by atoms with E-state index in [2.05, 4.69) is 0 Å².